The topological polar surface area (TPSA) is 75.5 Å². The van der Waals surface area contributed by atoms with Gasteiger partial charge in [-0.2, -0.15) is 4.98 Å². The molecular formula is C16H23N5O3. The van der Waals surface area contributed by atoms with Gasteiger partial charge in [0, 0.05) is 38.6 Å². The minimum atomic E-state index is -0.326. The fraction of sp³-hybridized carbons (Fsp3) is 0.562. The van der Waals surface area contributed by atoms with Crippen molar-refractivity contribution < 1.29 is 4.74 Å². The first kappa shape index (κ1) is 16.5. The molecule has 3 rings (SSSR count). The Labute approximate surface area is 138 Å². The average molecular weight is 333 g/mol. The number of aryl methyl sites for hydroxylation is 2. The summed E-state index contributed by atoms with van der Waals surface area (Å²) in [4.78, 5) is 30.0. The van der Waals surface area contributed by atoms with Crippen molar-refractivity contribution in [3.8, 4) is 0 Å². The summed E-state index contributed by atoms with van der Waals surface area (Å²) in [7, 11) is 3.31. The second-order valence-electron chi connectivity index (χ2n) is 6.03. The second-order valence-corrected chi connectivity index (χ2v) is 6.03. The zero-order chi connectivity index (χ0) is 17.6. The first-order valence-corrected chi connectivity index (χ1v) is 8.10. The maximum absolute atomic E-state index is 12.9. The summed E-state index contributed by atoms with van der Waals surface area (Å²) in [5.74, 6) is 0.665. The van der Waals surface area contributed by atoms with Crippen LogP contribution >= 0.6 is 0 Å². The number of methoxy groups -OCH3 is 1. The lowest BCUT2D eigenvalue weighted by atomic mass is 10.3. The summed E-state index contributed by atoms with van der Waals surface area (Å²) in [5.41, 5.74) is 2.25. The van der Waals surface area contributed by atoms with Crippen LogP contribution < -0.4 is 11.2 Å². The molecule has 0 aromatic carbocycles. The van der Waals surface area contributed by atoms with E-state index in [0.717, 1.165) is 17.8 Å². The van der Waals surface area contributed by atoms with Gasteiger partial charge in [0.25, 0.3) is 5.56 Å². The highest BCUT2D eigenvalue weighted by Crippen LogP contribution is 2.20. The highest BCUT2D eigenvalue weighted by atomic mass is 16.5. The van der Waals surface area contributed by atoms with Crippen molar-refractivity contribution in [3.63, 3.8) is 0 Å². The molecule has 130 valence electrons. The Kier molecular flexibility index (Phi) is 4.08. The van der Waals surface area contributed by atoms with Crippen LogP contribution in [-0.2, 0) is 24.9 Å². The van der Waals surface area contributed by atoms with Crippen molar-refractivity contribution in [2.75, 3.05) is 13.7 Å². The van der Waals surface area contributed by atoms with Crippen molar-refractivity contribution >= 4 is 16.9 Å². The van der Waals surface area contributed by atoms with Gasteiger partial charge in [0.1, 0.15) is 0 Å². The zero-order valence-corrected chi connectivity index (χ0v) is 14.8. The monoisotopic (exact) mass is 333 g/mol. The normalized spacial score (nSPS) is 11.9. The van der Waals surface area contributed by atoms with Gasteiger partial charge in [-0.3, -0.25) is 18.3 Å². The Morgan fingerprint density at radius 1 is 1.08 bits per heavy atom. The third kappa shape index (κ3) is 2.13. The van der Waals surface area contributed by atoms with E-state index in [1.54, 1.807) is 14.2 Å². The molecule has 0 spiro atoms. The predicted molar refractivity (Wildman–Crippen MR) is 91.8 cm³/mol. The molecule has 0 bridgehead atoms. The minimum Gasteiger partial charge on any atom is -0.383 e. The number of rotatable bonds is 5. The highest BCUT2D eigenvalue weighted by molar-refractivity contribution is 5.76. The van der Waals surface area contributed by atoms with Crippen LogP contribution in [0.25, 0.3) is 16.9 Å². The lowest BCUT2D eigenvalue weighted by molar-refractivity contribution is 0.187. The third-order valence-electron chi connectivity index (χ3n) is 4.60. The lowest BCUT2D eigenvalue weighted by Crippen LogP contribution is -2.39. The molecule has 8 nitrogen and oxygen atoms in total. The highest BCUT2D eigenvalue weighted by Gasteiger charge is 2.22. The van der Waals surface area contributed by atoms with Crippen molar-refractivity contribution in [3.05, 3.63) is 32.2 Å². The van der Waals surface area contributed by atoms with Crippen molar-refractivity contribution in [2.24, 2.45) is 7.05 Å². The van der Waals surface area contributed by atoms with E-state index in [4.69, 9.17) is 4.74 Å². The Morgan fingerprint density at radius 3 is 2.42 bits per heavy atom. The maximum atomic E-state index is 12.9. The van der Waals surface area contributed by atoms with E-state index >= 15 is 0 Å². The summed E-state index contributed by atoms with van der Waals surface area (Å²) in [6, 6.07) is 0. The van der Waals surface area contributed by atoms with E-state index in [1.807, 2.05) is 29.7 Å². The van der Waals surface area contributed by atoms with E-state index in [0.29, 0.717) is 36.6 Å². The van der Waals surface area contributed by atoms with Gasteiger partial charge in [0.15, 0.2) is 11.2 Å². The van der Waals surface area contributed by atoms with Crippen LogP contribution in [0, 0.1) is 13.8 Å². The van der Waals surface area contributed by atoms with E-state index < -0.39 is 0 Å². The summed E-state index contributed by atoms with van der Waals surface area (Å²) in [6.45, 7) is 7.49. The number of hydrogen-bond acceptors (Lipinski definition) is 4. The van der Waals surface area contributed by atoms with Crippen molar-refractivity contribution in [1.82, 2.24) is 23.1 Å². The fourth-order valence-electron chi connectivity index (χ4n) is 3.19. The molecule has 0 saturated heterocycles. The van der Waals surface area contributed by atoms with Gasteiger partial charge >= 0.3 is 5.69 Å². The standard InChI is InChI=1S/C16H23N5O3/c1-6-7-20-14(22)12-13(18(4)16(20)23)17-15-19(8-9-24-5)10(2)11(3)21(12)15/h6-9H2,1-5H3. The van der Waals surface area contributed by atoms with Gasteiger partial charge in [-0.15, -0.1) is 0 Å². The first-order valence-electron chi connectivity index (χ1n) is 8.10. The summed E-state index contributed by atoms with van der Waals surface area (Å²) < 4.78 is 11.8. The molecule has 8 heteroatoms. The number of fused-ring (bicyclic) bond motifs is 3. The molecule has 0 aliphatic rings. The Hall–Kier alpha value is -2.35. The predicted octanol–water partition coefficient (Wildman–Crippen LogP) is 0.823. The average Bonchev–Trinajstić information content (AvgIpc) is 3.05. The quantitative estimate of drug-likeness (QED) is 0.693. The fourth-order valence-corrected chi connectivity index (χ4v) is 3.19. The van der Waals surface area contributed by atoms with Gasteiger partial charge in [-0.1, -0.05) is 6.92 Å². The van der Waals surface area contributed by atoms with Gasteiger partial charge in [0.05, 0.1) is 6.61 Å². The molecule has 3 aromatic heterocycles. The van der Waals surface area contributed by atoms with Crippen LogP contribution in [0.15, 0.2) is 9.59 Å². The van der Waals surface area contributed by atoms with Gasteiger partial charge in [0.2, 0.25) is 5.78 Å². The van der Waals surface area contributed by atoms with Crippen LogP contribution in [-0.4, -0.2) is 36.8 Å². The molecule has 0 unspecified atom stereocenters. The molecule has 0 atom stereocenters. The number of aromatic nitrogens is 5. The Balaban J connectivity index is 2.47. The van der Waals surface area contributed by atoms with Gasteiger partial charge in [-0.25, -0.2) is 4.79 Å². The van der Waals surface area contributed by atoms with E-state index in [-0.39, 0.29) is 11.2 Å². The summed E-state index contributed by atoms with van der Waals surface area (Å²) >= 11 is 0. The number of ether oxygens (including phenoxy) is 1. The molecule has 0 saturated carbocycles. The van der Waals surface area contributed by atoms with E-state index in [1.165, 1.54) is 9.13 Å². The molecule has 0 N–H and O–H groups in total. The third-order valence-corrected chi connectivity index (χ3v) is 4.60. The number of nitrogens with zero attached hydrogens (tertiary/aromatic N) is 5. The Bertz CT molecular complexity index is 1030. The minimum absolute atomic E-state index is 0.283. The number of hydrogen-bond donors (Lipinski definition) is 0. The smallest absolute Gasteiger partial charge is 0.332 e. The van der Waals surface area contributed by atoms with Crippen LogP contribution in [0.5, 0.6) is 0 Å². The molecule has 0 fully saturated rings. The SMILES string of the molecule is CCCn1c(=O)c2c(nc3n(CCOC)c(C)c(C)n23)n(C)c1=O. The zero-order valence-electron chi connectivity index (χ0n) is 14.8. The summed E-state index contributed by atoms with van der Waals surface area (Å²) in [5, 5.41) is 0. The number of imidazole rings is 2. The largest absolute Gasteiger partial charge is 0.383 e. The van der Waals surface area contributed by atoms with Crippen molar-refractivity contribution in [1.29, 1.82) is 0 Å². The molecule has 3 aromatic rings. The second kappa shape index (κ2) is 5.94. The molecule has 0 amide bonds. The van der Waals surface area contributed by atoms with Crippen LogP contribution in [0.4, 0.5) is 0 Å². The molecule has 0 aliphatic carbocycles. The van der Waals surface area contributed by atoms with Crippen LogP contribution in [0.3, 0.4) is 0 Å². The van der Waals surface area contributed by atoms with E-state index in [2.05, 4.69) is 4.98 Å². The molecule has 0 aliphatic heterocycles. The van der Waals surface area contributed by atoms with E-state index in [9.17, 15) is 9.59 Å². The van der Waals surface area contributed by atoms with Crippen LogP contribution in [0.2, 0.25) is 0 Å². The first-order chi connectivity index (χ1) is 11.4. The molecular weight excluding hydrogens is 310 g/mol. The van der Waals surface area contributed by atoms with Gasteiger partial charge in [-0.05, 0) is 20.3 Å². The van der Waals surface area contributed by atoms with Crippen LogP contribution in [0.1, 0.15) is 24.7 Å². The Morgan fingerprint density at radius 2 is 1.79 bits per heavy atom. The molecule has 3 heterocycles. The summed E-state index contributed by atoms with van der Waals surface area (Å²) in [6.07, 6.45) is 0.718. The molecule has 24 heavy (non-hydrogen) atoms. The maximum Gasteiger partial charge on any atom is 0.332 e. The lowest BCUT2D eigenvalue weighted by Gasteiger charge is -2.07. The van der Waals surface area contributed by atoms with Crippen molar-refractivity contribution in [2.45, 2.75) is 40.3 Å². The van der Waals surface area contributed by atoms with Gasteiger partial charge < -0.3 is 9.30 Å². The molecule has 0 radical (unpaired) electrons.